The van der Waals surface area contributed by atoms with Gasteiger partial charge in [0, 0.05) is 26.1 Å². The number of ether oxygens (including phenoxy) is 1. The van der Waals surface area contributed by atoms with Gasteiger partial charge in [-0.15, -0.1) is 0 Å². The van der Waals surface area contributed by atoms with Crippen LogP contribution in [0.25, 0.3) is 11.1 Å². The molecule has 4 aliphatic heterocycles. The van der Waals surface area contributed by atoms with Crippen LogP contribution in [-0.4, -0.2) is 83.6 Å². The molecular formula is C38H40N4O6. The number of piperidine rings is 3. The lowest BCUT2D eigenvalue weighted by atomic mass is 9.71. The Morgan fingerprint density at radius 2 is 1.52 bits per heavy atom. The minimum Gasteiger partial charge on any atom is -0.497 e. The monoisotopic (exact) mass is 648 g/mol. The Kier molecular flexibility index (Phi) is 8.60. The van der Waals surface area contributed by atoms with E-state index in [0.29, 0.717) is 17.5 Å². The van der Waals surface area contributed by atoms with Gasteiger partial charge in [0.25, 0.3) is 11.8 Å². The fourth-order valence-electron chi connectivity index (χ4n) is 7.84. The number of carbonyl (C=O) groups is 5. The molecule has 4 aliphatic rings. The van der Waals surface area contributed by atoms with Crippen LogP contribution in [0, 0.1) is 5.41 Å². The lowest BCUT2D eigenvalue weighted by Crippen LogP contribution is -2.54. The van der Waals surface area contributed by atoms with E-state index in [4.69, 9.17) is 4.74 Å². The fraction of sp³-hybridized carbons (Fsp3) is 0.395. The van der Waals surface area contributed by atoms with Gasteiger partial charge in [-0.3, -0.25) is 39.1 Å². The van der Waals surface area contributed by atoms with Crippen molar-refractivity contribution in [2.75, 3.05) is 33.3 Å². The second kappa shape index (κ2) is 13.0. The fourth-order valence-corrected chi connectivity index (χ4v) is 7.84. The molecule has 10 heteroatoms. The van der Waals surface area contributed by atoms with Crippen molar-refractivity contribution < 1.29 is 28.7 Å². The molecule has 1 atom stereocenters. The molecule has 3 fully saturated rings. The summed E-state index contributed by atoms with van der Waals surface area (Å²) < 4.78 is 5.31. The zero-order valence-electron chi connectivity index (χ0n) is 27.2. The third-order valence-corrected chi connectivity index (χ3v) is 10.7. The van der Waals surface area contributed by atoms with Gasteiger partial charge in [-0.05, 0) is 97.1 Å². The zero-order chi connectivity index (χ0) is 33.4. The Balaban J connectivity index is 0.968. The maximum Gasteiger partial charge on any atom is 0.262 e. The van der Waals surface area contributed by atoms with Crippen LogP contribution >= 0.6 is 0 Å². The van der Waals surface area contributed by atoms with Gasteiger partial charge in [-0.1, -0.05) is 42.5 Å². The Morgan fingerprint density at radius 3 is 2.27 bits per heavy atom. The normalized spacial score (nSPS) is 21.0. The van der Waals surface area contributed by atoms with E-state index in [-0.39, 0.29) is 29.7 Å². The topological polar surface area (TPSA) is 116 Å². The summed E-state index contributed by atoms with van der Waals surface area (Å²) in [5.74, 6) is -1.07. The first-order valence-corrected chi connectivity index (χ1v) is 16.8. The van der Waals surface area contributed by atoms with Crippen molar-refractivity contribution in [1.29, 1.82) is 0 Å². The molecular weight excluding hydrogens is 608 g/mol. The molecule has 3 aromatic carbocycles. The summed E-state index contributed by atoms with van der Waals surface area (Å²) in [7, 11) is 1.64. The van der Waals surface area contributed by atoms with Gasteiger partial charge in [-0.25, -0.2) is 0 Å². The van der Waals surface area contributed by atoms with Crippen molar-refractivity contribution in [2.24, 2.45) is 5.41 Å². The van der Waals surface area contributed by atoms with Gasteiger partial charge in [0.15, 0.2) is 0 Å². The van der Waals surface area contributed by atoms with Crippen LogP contribution in [0.15, 0.2) is 66.7 Å². The minimum atomic E-state index is -0.997. The highest BCUT2D eigenvalue weighted by molar-refractivity contribution is 6.25. The molecule has 0 bridgehead atoms. The van der Waals surface area contributed by atoms with Gasteiger partial charge in [-0.2, -0.15) is 0 Å². The first kappa shape index (κ1) is 31.8. The van der Waals surface area contributed by atoms with E-state index in [0.717, 1.165) is 85.7 Å². The Bertz CT molecular complexity index is 1790. The van der Waals surface area contributed by atoms with E-state index in [1.807, 2.05) is 47.4 Å². The third kappa shape index (κ3) is 6.12. The van der Waals surface area contributed by atoms with E-state index in [1.54, 1.807) is 19.2 Å². The highest BCUT2D eigenvalue weighted by atomic mass is 16.5. The molecule has 3 saturated heterocycles. The lowest BCUT2D eigenvalue weighted by Gasteiger charge is -2.47. The zero-order valence-corrected chi connectivity index (χ0v) is 27.2. The SMILES string of the molecule is COc1cccc(CC(=O)N2CCC3(CCN(Cc4cccc(-c5cccc6c5C(=O)N(C5CCC(=O)NC5=O)C6=O)c4)CC3)CC2)c1. The van der Waals surface area contributed by atoms with Crippen LogP contribution in [0.5, 0.6) is 5.75 Å². The van der Waals surface area contributed by atoms with Gasteiger partial charge in [0.05, 0.1) is 24.7 Å². The van der Waals surface area contributed by atoms with Crippen molar-refractivity contribution in [3.05, 3.63) is 89.0 Å². The van der Waals surface area contributed by atoms with Crippen molar-refractivity contribution in [1.82, 2.24) is 20.0 Å². The van der Waals surface area contributed by atoms with Gasteiger partial charge < -0.3 is 9.64 Å². The molecule has 48 heavy (non-hydrogen) atoms. The van der Waals surface area contributed by atoms with E-state index in [2.05, 4.69) is 22.3 Å². The molecule has 5 amide bonds. The molecule has 0 aliphatic carbocycles. The molecule has 4 heterocycles. The number of carbonyl (C=O) groups excluding carboxylic acids is 5. The van der Waals surface area contributed by atoms with E-state index in [1.165, 1.54) is 0 Å². The van der Waals surface area contributed by atoms with Crippen molar-refractivity contribution in [3.63, 3.8) is 0 Å². The molecule has 7 rings (SSSR count). The number of nitrogens with one attached hydrogen (secondary N) is 1. The largest absolute Gasteiger partial charge is 0.497 e. The molecule has 248 valence electrons. The second-order valence-corrected chi connectivity index (χ2v) is 13.6. The first-order valence-electron chi connectivity index (χ1n) is 16.8. The second-order valence-electron chi connectivity index (χ2n) is 13.6. The summed E-state index contributed by atoms with van der Waals surface area (Å²) >= 11 is 0. The van der Waals surface area contributed by atoms with Crippen LogP contribution in [0.1, 0.15) is 70.4 Å². The number of hydrogen-bond acceptors (Lipinski definition) is 7. The predicted octanol–water partition coefficient (Wildman–Crippen LogP) is 4.21. The summed E-state index contributed by atoms with van der Waals surface area (Å²) in [6.45, 7) is 4.34. The van der Waals surface area contributed by atoms with E-state index in [9.17, 15) is 24.0 Å². The number of hydrogen-bond donors (Lipinski definition) is 1. The van der Waals surface area contributed by atoms with E-state index >= 15 is 0 Å². The highest BCUT2D eigenvalue weighted by Crippen LogP contribution is 2.42. The van der Waals surface area contributed by atoms with Crippen LogP contribution in [0.2, 0.25) is 0 Å². The molecule has 0 radical (unpaired) electrons. The summed E-state index contributed by atoms with van der Waals surface area (Å²) in [6.07, 6.45) is 4.86. The van der Waals surface area contributed by atoms with Crippen molar-refractivity contribution in [3.8, 4) is 16.9 Å². The summed E-state index contributed by atoms with van der Waals surface area (Å²) in [6, 6.07) is 20.0. The van der Waals surface area contributed by atoms with Gasteiger partial charge >= 0.3 is 0 Å². The maximum atomic E-state index is 13.6. The molecule has 1 N–H and O–H groups in total. The number of nitrogens with zero attached hydrogens (tertiary/aromatic N) is 3. The molecule has 10 nitrogen and oxygen atoms in total. The maximum absolute atomic E-state index is 13.6. The first-order chi connectivity index (χ1) is 23.2. The molecule has 3 aromatic rings. The molecule has 0 aromatic heterocycles. The van der Waals surface area contributed by atoms with Crippen LogP contribution in [-0.2, 0) is 27.3 Å². The number of fused-ring (bicyclic) bond motifs is 1. The van der Waals surface area contributed by atoms with Gasteiger partial charge in [0.2, 0.25) is 17.7 Å². The molecule has 1 unspecified atom stereocenters. The van der Waals surface area contributed by atoms with E-state index < -0.39 is 29.7 Å². The Hall–Kier alpha value is -4.83. The predicted molar refractivity (Wildman–Crippen MR) is 178 cm³/mol. The average molecular weight is 649 g/mol. The minimum absolute atomic E-state index is 0.0829. The van der Waals surface area contributed by atoms with Crippen molar-refractivity contribution in [2.45, 2.75) is 57.5 Å². The third-order valence-electron chi connectivity index (χ3n) is 10.7. The summed E-state index contributed by atoms with van der Waals surface area (Å²) in [5, 5.41) is 2.26. The summed E-state index contributed by atoms with van der Waals surface area (Å²) in [5.41, 5.74) is 4.46. The van der Waals surface area contributed by atoms with Crippen LogP contribution < -0.4 is 10.1 Å². The van der Waals surface area contributed by atoms with Crippen molar-refractivity contribution >= 4 is 29.5 Å². The number of amides is 5. The molecule has 1 spiro atoms. The van der Waals surface area contributed by atoms with Crippen LogP contribution in [0.4, 0.5) is 0 Å². The quantitative estimate of drug-likeness (QED) is 0.382. The Morgan fingerprint density at radius 1 is 0.833 bits per heavy atom. The number of rotatable bonds is 7. The Labute approximate surface area is 280 Å². The lowest BCUT2D eigenvalue weighted by molar-refractivity contribution is -0.136. The van der Waals surface area contributed by atoms with Crippen LogP contribution in [0.3, 0.4) is 0 Å². The molecule has 0 saturated carbocycles. The number of imide groups is 2. The smallest absolute Gasteiger partial charge is 0.262 e. The number of likely N-dealkylation sites (tertiary alicyclic amines) is 2. The van der Waals surface area contributed by atoms with Gasteiger partial charge in [0.1, 0.15) is 11.8 Å². The average Bonchev–Trinajstić information content (AvgIpc) is 3.35. The highest BCUT2D eigenvalue weighted by Gasteiger charge is 2.45. The summed E-state index contributed by atoms with van der Waals surface area (Å²) in [4.78, 5) is 69.7. The standard InChI is InChI=1S/C38H40N4O6/c1-48-28-8-3-5-25(22-28)23-33(44)41-19-15-38(16-20-41)13-17-40(18-14-38)24-26-6-2-7-27(21-26)29-9-4-10-30-34(29)37(47)42(36(30)46)31-11-12-32(43)39-35(31)45/h2-10,21-22,31H,11-20,23-24H2,1H3,(H,39,43,45). The number of methoxy groups -OCH3 is 1. The number of benzene rings is 3.